The van der Waals surface area contributed by atoms with Crippen LogP contribution in [0.1, 0.15) is 28.4 Å². The largest absolute Gasteiger partial charge is 0.367 e. The summed E-state index contributed by atoms with van der Waals surface area (Å²) >= 11 is 0. The van der Waals surface area contributed by atoms with Crippen LogP contribution in [0.4, 0.5) is 11.4 Å². The van der Waals surface area contributed by atoms with Gasteiger partial charge < -0.3 is 20.0 Å². The molecule has 2 aromatic carbocycles. The molecule has 1 heterocycles. The van der Waals surface area contributed by atoms with E-state index >= 15 is 0 Å². The van der Waals surface area contributed by atoms with E-state index in [2.05, 4.69) is 14.9 Å². The third-order valence-corrected chi connectivity index (χ3v) is 7.58. The smallest absolute Gasteiger partial charge is 0.261 e. The molecule has 34 heavy (non-hydrogen) atoms. The molecule has 1 fully saturated rings. The van der Waals surface area contributed by atoms with Crippen molar-refractivity contribution < 1.29 is 13.2 Å². The van der Waals surface area contributed by atoms with E-state index < -0.39 is 10.0 Å². The van der Waals surface area contributed by atoms with Crippen molar-refractivity contribution in [3.8, 4) is 0 Å². The normalized spacial score (nSPS) is 14.4. The Labute approximate surface area is 204 Å². The molecular weight excluding hydrogens is 450 g/mol. The summed E-state index contributed by atoms with van der Waals surface area (Å²) in [5, 5.41) is 3.32. The number of nitrogens with one attached hydrogen (secondary N) is 2. The number of anilines is 2. The second-order valence-corrected chi connectivity index (χ2v) is 10.7. The zero-order chi connectivity index (χ0) is 24.9. The summed E-state index contributed by atoms with van der Waals surface area (Å²) in [4.78, 5) is 19.4. The molecule has 0 aliphatic carbocycles. The van der Waals surface area contributed by atoms with Gasteiger partial charge in [0.15, 0.2) is 0 Å². The summed E-state index contributed by atoms with van der Waals surface area (Å²) in [7, 11) is 0.118. The summed E-state index contributed by atoms with van der Waals surface area (Å²) < 4.78 is 29.4. The Morgan fingerprint density at radius 2 is 1.74 bits per heavy atom. The third kappa shape index (κ3) is 6.28. The Kier molecular flexibility index (Phi) is 8.57. The molecule has 0 unspecified atom stereocenters. The number of nitrogens with zero attached hydrogens (tertiary/aromatic N) is 3. The third-order valence-electron chi connectivity index (χ3n) is 6.22. The molecule has 2 N–H and O–H groups in total. The highest BCUT2D eigenvalue weighted by Gasteiger charge is 2.23. The molecule has 0 atom stereocenters. The van der Waals surface area contributed by atoms with Crippen LogP contribution in [0.3, 0.4) is 0 Å². The summed E-state index contributed by atoms with van der Waals surface area (Å²) in [6.07, 6.45) is 0. The first kappa shape index (κ1) is 26.0. The minimum Gasteiger partial charge on any atom is -0.367 e. The standard InChI is InChI=1S/C25H37N5O3S/c1-6-29(16-15-28(4)5)25(31)21-8-10-24(30-13-11-26-12-14-30)23(18-21)27-34(32,33)22-9-7-19(2)20(3)17-22/h7-10,17-18,26-27H,6,11-16H2,1-5H3. The molecule has 0 saturated carbocycles. The van der Waals surface area contributed by atoms with Gasteiger partial charge in [0.2, 0.25) is 0 Å². The lowest BCUT2D eigenvalue weighted by Crippen LogP contribution is -2.44. The number of sulfonamides is 1. The van der Waals surface area contributed by atoms with Gasteiger partial charge in [-0.1, -0.05) is 6.07 Å². The highest BCUT2D eigenvalue weighted by atomic mass is 32.2. The van der Waals surface area contributed by atoms with Gasteiger partial charge in [-0.15, -0.1) is 0 Å². The molecule has 1 aliphatic rings. The summed E-state index contributed by atoms with van der Waals surface area (Å²) in [5.41, 5.74) is 3.62. The first-order valence-corrected chi connectivity index (χ1v) is 13.2. The molecule has 0 radical (unpaired) electrons. The Hall–Kier alpha value is -2.62. The van der Waals surface area contributed by atoms with Crippen molar-refractivity contribution in [3.63, 3.8) is 0 Å². The molecule has 1 saturated heterocycles. The molecule has 1 aliphatic heterocycles. The highest BCUT2D eigenvalue weighted by Crippen LogP contribution is 2.31. The van der Waals surface area contributed by atoms with Crippen molar-refractivity contribution in [3.05, 3.63) is 53.1 Å². The number of piperazine rings is 1. The van der Waals surface area contributed by atoms with Crippen molar-refractivity contribution in [1.82, 2.24) is 15.1 Å². The fourth-order valence-corrected chi connectivity index (χ4v) is 5.07. The Balaban J connectivity index is 1.98. The van der Waals surface area contributed by atoms with Crippen LogP contribution in [0.5, 0.6) is 0 Å². The molecule has 8 nitrogen and oxygen atoms in total. The predicted octanol–water partition coefficient (Wildman–Crippen LogP) is 2.54. The van der Waals surface area contributed by atoms with Gasteiger partial charge in [0.25, 0.3) is 15.9 Å². The quantitative estimate of drug-likeness (QED) is 0.566. The predicted molar refractivity (Wildman–Crippen MR) is 138 cm³/mol. The van der Waals surface area contributed by atoms with E-state index in [1.165, 1.54) is 0 Å². The van der Waals surface area contributed by atoms with E-state index in [-0.39, 0.29) is 10.8 Å². The van der Waals surface area contributed by atoms with Gasteiger partial charge in [0.1, 0.15) is 0 Å². The molecule has 0 aromatic heterocycles. The monoisotopic (exact) mass is 487 g/mol. The van der Waals surface area contributed by atoms with E-state index in [1.54, 1.807) is 29.2 Å². The number of rotatable bonds is 9. The van der Waals surface area contributed by atoms with Gasteiger partial charge in [0.05, 0.1) is 16.3 Å². The summed E-state index contributed by atoms with van der Waals surface area (Å²) in [5.74, 6) is -0.108. The Bertz CT molecular complexity index is 1110. The number of aryl methyl sites for hydroxylation is 2. The SMILES string of the molecule is CCN(CCN(C)C)C(=O)c1ccc(N2CCNCC2)c(NS(=O)(=O)c2ccc(C)c(C)c2)c1. The van der Waals surface area contributed by atoms with Crippen LogP contribution in [-0.4, -0.2) is 84.0 Å². The maximum absolute atomic E-state index is 13.3. The molecule has 0 spiro atoms. The highest BCUT2D eigenvalue weighted by molar-refractivity contribution is 7.92. The van der Waals surface area contributed by atoms with E-state index in [9.17, 15) is 13.2 Å². The molecule has 0 bridgehead atoms. The van der Waals surface area contributed by atoms with E-state index in [4.69, 9.17) is 0 Å². The van der Waals surface area contributed by atoms with Crippen LogP contribution < -0.4 is 14.9 Å². The Morgan fingerprint density at radius 3 is 2.35 bits per heavy atom. The van der Waals surface area contributed by atoms with Crippen LogP contribution >= 0.6 is 0 Å². The Morgan fingerprint density at radius 1 is 1.03 bits per heavy atom. The summed E-state index contributed by atoms with van der Waals surface area (Å²) in [6.45, 7) is 10.9. The van der Waals surface area contributed by atoms with E-state index in [0.717, 1.165) is 49.5 Å². The minimum atomic E-state index is -3.83. The number of likely N-dealkylation sites (N-methyl/N-ethyl adjacent to an activating group) is 2. The molecule has 2 aromatic rings. The van der Waals surface area contributed by atoms with Gasteiger partial charge in [-0.05, 0) is 76.3 Å². The van der Waals surface area contributed by atoms with Crippen molar-refractivity contribution in [2.24, 2.45) is 0 Å². The van der Waals surface area contributed by atoms with Gasteiger partial charge >= 0.3 is 0 Å². The molecular formula is C25H37N5O3S. The van der Waals surface area contributed by atoms with Crippen LogP contribution in [0.2, 0.25) is 0 Å². The first-order chi connectivity index (χ1) is 16.1. The molecule has 9 heteroatoms. The van der Waals surface area contributed by atoms with Gasteiger partial charge in [-0.25, -0.2) is 8.42 Å². The lowest BCUT2D eigenvalue weighted by Gasteiger charge is -2.31. The van der Waals surface area contributed by atoms with Crippen LogP contribution in [0.25, 0.3) is 0 Å². The number of amides is 1. The van der Waals surface area contributed by atoms with Crippen LogP contribution in [0.15, 0.2) is 41.3 Å². The average Bonchev–Trinajstić information content (AvgIpc) is 2.81. The van der Waals surface area contributed by atoms with Crippen LogP contribution in [0, 0.1) is 13.8 Å². The molecule has 1 amide bonds. The van der Waals surface area contributed by atoms with Crippen molar-refractivity contribution in [2.75, 3.05) is 69.5 Å². The second kappa shape index (κ2) is 11.2. The van der Waals surface area contributed by atoms with Crippen molar-refractivity contribution in [1.29, 1.82) is 0 Å². The lowest BCUT2D eigenvalue weighted by atomic mass is 10.1. The summed E-state index contributed by atoms with van der Waals surface area (Å²) in [6, 6.07) is 10.4. The van der Waals surface area contributed by atoms with Gasteiger partial charge in [-0.3, -0.25) is 9.52 Å². The van der Waals surface area contributed by atoms with E-state index in [0.29, 0.717) is 24.3 Å². The fraction of sp³-hybridized carbons (Fsp3) is 0.480. The fourth-order valence-electron chi connectivity index (χ4n) is 3.92. The lowest BCUT2D eigenvalue weighted by molar-refractivity contribution is 0.0754. The number of hydrogen-bond acceptors (Lipinski definition) is 6. The molecule has 3 rings (SSSR count). The van der Waals surface area contributed by atoms with Crippen molar-refractivity contribution in [2.45, 2.75) is 25.7 Å². The number of benzene rings is 2. The zero-order valence-corrected chi connectivity index (χ0v) is 21.7. The van der Waals surface area contributed by atoms with Gasteiger partial charge in [-0.2, -0.15) is 0 Å². The van der Waals surface area contributed by atoms with Crippen molar-refractivity contribution >= 4 is 27.3 Å². The number of hydrogen-bond donors (Lipinski definition) is 2. The first-order valence-electron chi connectivity index (χ1n) is 11.8. The maximum Gasteiger partial charge on any atom is 0.261 e. The topological polar surface area (TPSA) is 85.0 Å². The minimum absolute atomic E-state index is 0.108. The second-order valence-electron chi connectivity index (χ2n) is 9.01. The van der Waals surface area contributed by atoms with Crippen LogP contribution in [-0.2, 0) is 10.0 Å². The maximum atomic E-state index is 13.3. The average molecular weight is 488 g/mol. The van der Waals surface area contributed by atoms with Gasteiger partial charge in [0, 0.05) is 51.4 Å². The molecule has 186 valence electrons. The zero-order valence-electron chi connectivity index (χ0n) is 20.9. The number of carbonyl (C=O) groups is 1. The van der Waals surface area contributed by atoms with E-state index in [1.807, 2.05) is 51.9 Å². The number of carbonyl (C=O) groups excluding carboxylic acids is 1.